The van der Waals surface area contributed by atoms with Crippen LogP contribution in [0.5, 0.6) is 0 Å². The van der Waals surface area contributed by atoms with Crippen LogP contribution in [0.25, 0.3) is 0 Å². The van der Waals surface area contributed by atoms with Gasteiger partial charge in [0.15, 0.2) is 0 Å². The lowest BCUT2D eigenvalue weighted by atomic mass is 10.1. The first-order valence-corrected chi connectivity index (χ1v) is 8.81. The van der Waals surface area contributed by atoms with Gasteiger partial charge in [0.1, 0.15) is 15.6 Å². The summed E-state index contributed by atoms with van der Waals surface area (Å²) in [5.41, 5.74) is 1.61. The molecule has 0 spiro atoms. The second-order valence-corrected chi connectivity index (χ2v) is 8.56. The molecule has 0 saturated heterocycles. The number of rotatable bonds is 3. The molecule has 116 valence electrons. The summed E-state index contributed by atoms with van der Waals surface area (Å²) >= 11 is 13.0. The van der Waals surface area contributed by atoms with Gasteiger partial charge < -0.3 is 5.32 Å². The number of hydrogen-bond donors (Lipinski definition) is 1. The van der Waals surface area contributed by atoms with Crippen molar-refractivity contribution in [3.63, 3.8) is 0 Å². The van der Waals surface area contributed by atoms with Crippen LogP contribution in [0.4, 0.5) is 5.00 Å². The first-order chi connectivity index (χ1) is 10.4. The number of thiophene rings is 1. The van der Waals surface area contributed by atoms with Crippen LogP contribution >= 0.6 is 34.5 Å². The minimum absolute atomic E-state index is 0.0369. The minimum atomic E-state index is -0.163. The Morgan fingerprint density at radius 3 is 2.82 bits per heavy atom. The van der Waals surface area contributed by atoms with Gasteiger partial charge in [-0.1, -0.05) is 37.0 Å². The van der Waals surface area contributed by atoms with Gasteiger partial charge in [-0.05, 0) is 42.2 Å². The highest BCUT2D eigenvalue weighted by atomic mass is 35.5. The zero-order valence-electron chi connectivity index (χ0n) is 12.4. The van der Waals surface area contributed by atoms with Crippen LogP contribution in [0, 0.1) is 28.6 Å². The maximum atomic E-state index is 12.5. The van der Waals surface area contributed by atoms with E-state index in [1.54, 1.807) is 17.4 Å². The van der Waals surface area contributed by atoms with Crippen molar-refractivity contribution in [2.45, 2.75) is 33.1 Å². The average molecular weight is 355 g/mol. The number of nitrogens with zero attached hydrogens (tertiary/aromatic N) is 1. The number of carbonyl (C=O) groups is 1. The molecule has 1 aromatic heterocycles. The quantitative estimate of drug-likeness (QED) is 0.859. The lowest BCUT2D eigenvalue weighted by Crippen LogP contribution is -2.16. The summed E-state index contributed by atoms with van der Waals surface area (Å²) in [5.74, 6) is -0.185. The van der Waals surface area contributed by atoms with E-state index in [-0.39, 0.29) is 27.6 Å². The molecule has 0 aromatic carbocycles. The van der Waals surface area contributed by atoms with Gasteiger partial charge in [0.05, 0.1) is 11.5 Å². The van der Waals surface area contributed by atoms with Crippen molar-refractivity contribution >= 4 is 45.4 Å². The fraction of sp³-hybridized carbons (Fsp3) is 0.500. The fourth-order valence-electron chi connectivity index (χ4n) is 3.43. The van der Waals surface area contributed by atoms with Crippen molar-refractivity contribution in [1.82, 2.24) is 0 Å². The van der Waals surface area contributed by atoms with Crippen molar-refractivity contribution in [2.24, 2.45) is 17.3 Å². The number of nitriles is 1. The standard InChI is InChI=1S/C16H16Cl2N2OS/c1-16(2)10(6-12(17)18)13(16)14(21)20-15-9(7-19)8-4-3-5-11(8)22-15/h6,10,13H,3-5H2,1-2H3,(H,20,21)/t10-,13+/m1/s1. The molecule has 2 aliphatic rings. The van der Waals surface area contributed by atoms with E-state index in [9.17, 15) is 10.1 Å². The van der Waals surface area contributed by atoms with Gasteiger partial charge >= 0.3 is 0 Å². The summed E-state index contributed by atoms with van der Waals surface area (Å²) in [5, 5.41) is 13.0. The number of anilines is 1. The zero-order valence-corrected chi connectivity index (χ0v) is 14.7. The molecule has 1 saturated carbocycles. The van der Waals surface area contributed by atoms with Gasteiger partial charge in [-0.2, -0.15) is 5.26 Å². The van der Waals surface area contributed by atoms with Crippen LogP contribution in [0.2, 0.25) is 0 Å². The van der Waals surface area contributed by atoms with E-state index in [0.29, 0.717) is 10.6 Å². The van der Waals surface area contributed by atoms with Crippen LogP contribution in [-0.4, -0.2) is 5.91 Å². The number of carbonyl (C=O) groups excluding carboxylic acids is 1. The van der Waals surface area contributed by atoms with Gasteiger partial charge in [-0.15, -0.1) is 11.3 Å². The largest absolute Gasteiger partial charge is 0.316 e. The SMILES string of the molecule is CC1(C)[C@H](C=C(Cl)Cl)[C@H]1C(=O)Nc1sc2c(c1C#N)CCC2. The number of fused-ring (bicyclic) bond motifs is 1. The highest BCUT2D eigenvalue weighted by Crippen LogP contribution is 2.60. The molecule has 6 heteroatoms. The molecular formula is C16H16Cl2N2OS. The van der Waals surface area contributed by atoms with E-state index in [2.05, 4.69) is 11.4 Å². The molecule has 0 unspecified atom stereocenters. The fourth-order valence-corrected chi connectivity index (χ4v) is 4.94. The highest BCUT2D eigenvalue weighted by Gasteiger charge is 2.60. The third-order valence-corrected chi connectivity index (χ3v) is 6.23. The molecule has 1 fully saturated rings. The molecule has 1 N–H and O–H groups in total. The lowest BCUT2D eigenvalue weighted by molar-refractivity contribution is -0.118. The second-order valence-electron chi connectivity index (χ2n) is 6.44. The van der Waals surface area contributed by atoms with Gasteiger partial charge in [0.2, 0.25) is 5.91 Å². The summed E-state index contributed by atoms with van der Waals surface area (Å²) in [7, 11) is 0. The Kier molecular flexibility index (Phi) is 4.01. The van der Waals surface area contributed by atoms with E-state index in [1.807, 2.05) is 13.8 Å². The molecule has 3 rings (SSSR count). The summed E-state index contributed by atoms with van der Waals surface area (Å²) in [6.45, 7) is 4.05. The Bertz CT molecular complexity index is 710. The van der Waals surface area contributed by atoms with Crippen molar-refractivity contribution < 1.29 is 4.79 Å². The Hall–Kier alpha value is -1.02. The zero-order chi connectivity index (χ0) is 16.1. The minimum Gasteiger partial charge on any atom is -0.316 e. The number of allylic oxidation sites excluding steroid dienone is 1. The van der Waals surface area contributed by atoms with Crippen LogP contribution in [0.3, 0.4) is 0 Å². The van der Waals surface area contributed by atoms with Crippen molar-refractivity contribution in [1.29, 1.82) is 5.26 Å². The Labute approximate surface area is 143 Å². The van der Waals surface area contributed by atoms with Crippen LogP contribution in [-0.2, 0) is 17.6 Å². The Morgan fingerprint density at radius 1 is 1.45 bits per heavy atom. The van der Waals surface area contributed by atoms with Crippen LogP contribution < -0.4 is 5.32 Å². The van der Waals surface area contributed by atoms with Gasteiger partial charge in [-0.3, -0.25) is 4.79 Å². The average Bonchev–Trinajstić information content (AvgIpc) is 2.78. The monoisotopic (exact) mass is 354 g/mol. The molecule has 22 heavy (non-hydrogen) atoms. The van der Waals surface area contributed by atoms with Crippen molar-refractivity contribution in [3.05, 3.63) is 26.6 Å². The Morgan fingerprint density at radius 2 is 2.18 bits per heavy atom. The number of hydrogen-bond acceptors (Lipinski definition) is 3. The molecule has 0 bridgehead atoms. The smallest absolute Gasteiger partial charge is 0.229 e. The van der Waals surface area contributed by atoms with Crippen molar-refractivity contribution in [3.8, 4) is 6.07 Å². The predicted molar refractivity (Wildman–Crippen MR) is 90.2 cm³/mol. The summed E-state index contributed by atoms with van der Waals surface area (Å²) in [6.07, 6.45) is 4.77. The molecule has 2 aliphatic carbocycles. The lowest BCUT2D eigenvalue weighted by Gasteiger charge is -2.05. The summed E-state index contributed by atoms with van der Waals surface area (Å²) < 4.78 is 0.196. The van der Waals surface area contributed by atoms with E-state index < -0.39 is 0 Å². The molecule has 1 heterocycles. The first kappa shape index (κ1) is 15.9. The van der Waals surface area contributed by atoms with Crippen LogP contribution in [0.1, 0.15) is 36.3 Å². The normalized spacial score (nSPS) is 24.3. The number of halogens is 2. The van der Waals surface area contributed by atoms with E-state index in [0.717, 1.165) is 24.8 Å². The second kappa shape index (κ2) is 5.56. The maximum Gasteiger partial charge on any atom is 0.229 e. The topological polar surface area (TPSA) is 52.9 Å². The van der Waals surface area contributed by atoms with Gasteiger partial charge in [-0.25, -0.2) is 0 Å². The summed E-state index contributed by atoms with van der Waals surface area (Å²) in [4.78, 5) is 13.8. The molecule has 0 aliphatic heterocycles. The predicted octanol–water partition coefficient (Wildman–Crippen LogP) is 4.64. The van der Waals surface area contributed by atoms with E-state index in [4.69, 9.17) is 23.2 Å². The molecule has 0 radical (unpaired) electrons. The number of amides is 1. The third-order valence-electron chi connectivity index (χ3n) is 4.77. The third kappa shape index (κ3) is 2.56. The first-order valence-electron chi connectivity index (χ1n) is 7.24. The van der Waals surface area contributed by atoms with Gasteiger partial charge in [0.25, 0.3) is 0 Å². The van der Waals surface area contributed by atoms with E-state index >= 15 is 0 Å². The molecule has 1 aromatic rings. The molecule has 2 atom stereocenters. The molecular weight excluding hydrogens is 339 g/mol. The molecule has 1 amide bonds. The summed E-state index contributed by atoms with van der Waals surface area (Å²) in [6, 6.07) is 2.25. The van der Waals surface area contributed by atoms with Crippen molar-refractivity contribution in [2.75, 3.05) is 5.32 Å². The maximum absolute atomic E-state index is 12.5. The Balaban J connectivity index is 1.79. The van der Waals surface area contributed by atoms with Crippen LogP contribution in [0.15, 0.2) is 10.6 Å². The highest BCUT2D eigenvalue weighted by molar-refractivity contribution is 7.16. The number of aryl methyl sites for hydroxylation is 1. The number of nitrogens with one attached hydrogen (secondary N) is 1. The van der Waals surface area contributed by atoms with Gasteiger partial charge in [0, 0.05) is 4.88 Å². The molecule has 3 nitrogen and oxygen atoms in total. The van der Waals surface area contributed by atoms with E-state index in [1.165, 1.54) is 4.88 Å².